The molecule has 1 atom stereocenters. The van der Waals surface area contributed by atoms with E-state index in [4.69, 9.17) is 9.47 Å². The summed E-state index contributed by atoms with van der Waals surface area (Å²) in [5.41, 5.74) is 1.26. The number of ether oxygens (including phenoxy) is 2. The molecule has 3 fully saturated rings. The highest BCUT2D eigenvalue weighted by Crippen LogP contribution is 2.23. The highest BCUT2D eigenvalue weighted by atomic mass is 127. The second-order valence-corrected chi connectivity index (χ2v) is 8.46. The van der Waals surface area contributed by atoms with Crippen LogP contribution >= 0.6 is 24.0 Å². The predicted molar refractivity (Wildman–Crippen MR) is 132 cm³/mol. The predicted octanol–water partition coefficient (Wildman–Crippen LogP) is 3.50. The van der Waals surface area contributed by atoms with Crippen LogP contribution in [0.15, 0.2) is 29.3 Å². The average Bonchev–Trinajstić information content (AvgIpc) is 3.27. The molecule has 0 spiro atoms. The van der Waals surface area contributed by atoms with Crippen molar-refractivity contribution in [2.24, 2.45) is 4.99 Å². The Morgan fingerprint density at radius 2 is 1.80 bits per heavy atom. The molecule has 1 aliphatic carbocycles. The second kappa shape index (κ2) is 12.1. The third-order valence-corrected chi connectivity index (χ3v) is 6.47. The first-order chi connectivity index (χ1) is 14.3. The van der Waals surface area contributed by atoms with E-state index < -0.39 is 0 Å². The Hall–Kier alpha value is -1.06. The Balaban J connectivity index is 0.00000256. The van der Waals surface area contributed by atoms with Crippen molar-refractivity contribution in [1.29, 1.82) is 0 Å². The summed E-state index contributed by atoms with van der Waals surface area (Å²) >= 11 is 0. The molecule has 0 radical (unpaired) electrons. The summed E-state index contributed by atoms with van der Waals surface area (Å²) in [6.45, 7) is 6.74. The Kier molecular flexibility index (Phi) is 9.52. The topological polar surface area (TPSA) is 49.3 Å². The van der Waals surface area contributed by atoms with Crippen LogP contribution in [0.3, 0.4) is 0 Å². The first-order valence-electron chi connectivity index (χ1n) is 11.3. The van der Waals surface area contributed by atoms with Crippen LogP contribution in [-0.2, 0) is 11.3 Å². The molecule has 3 aliphatic rings. The summed E-state index contributed by atoms with van der Waals surface area (Å²) in [4.78, 5) is 9.48. The van der Waals surface area contributed by atoms with Crippen molar-refractivity contribution in [3.8, 4) is 5.75 Å². The summed E-state index contributed by atoms with van der Waals surface area (Å²) in [6.07, 6.45) is 7.95. The molecule has 0 aromatic heterocycles. The van der Waals surface area contributed by atoms with Crippen molar-refractivity contribution < 1.29 is 9.47 Å². The summed E-state index contributed by atoms with van der Waals surface area (Å²) in [5, 5.41) is 3.54. The van der Waals surface area contributed by atoms with Crippen molar-refractivity contribution >= 4 is 29.9 Å². The van der Waals surface area contributed by atoms with Crippen molar-refractivity contribution in [1.82, 2.24) is 15.1 Å². The van der Waals surface area contributed by atoms with Gasteiger partial charge in [-0.1, -0.05) is 18.6 Å². The van der Waals surface area contributed by atoms with Gasteiger partial charge in [-0.05, 0) is 49.8 Å². The number of morpholine rings is 1. The van der Waals surface area contributed by atoms with E-state index in [1.807, 2.05) is 7.05 Å². The first kappa shape index (κ1) is 23.6. The normalized spacial score (nSPS) is 23.8. The van der Waals surface area contributed by atoms with Crippen molar-refractivity contribution in [3.63, 3.8) is 0 Å². The monoisotopic (exact) mass is 528 g/mol. The minimum atomic E-state index is 0. The average molecular weight is 528 g/mol. The number of likely N-dealkylation sites (tertiary alicyclic amines) is 1. The first-order valence-corrected chi connectivity index (χ1v) is 11.3. The van der Waals surface area contributed by atoms with E-state index in [2.05, 4.69) is 44.4 Å². The van der Waals surface area contributed by atoms with Crippen LogP contribution < -0.4 is 10.1 Å². The number of rotatable bonds is 5. The lowest BCUT2D eigenvalue weighted by Crippen LogP contribution is -2.46. The zero-order chi connectivity index (χ0) is 19.9. The standard InChI is InChI=1S/C23H36N4O2.HI/c1-24-23(27-12-11-20(18-27)26-13-15-28-16-14-26)25-17-19-7-9-22(10-8-19)29-21-5-3-2-4-6-21;/h7-10,20-21H,2-6,11-18H2,1H3,(H,24,25);1H. The lowest BCUT2D eigenvalue weighted by Gasteiger charge is -2.32. The molecule has 2 aliphatic heterocycles. The minimum absolute atomic E-state index is 0. The zero-order valence-electron chi connectivity index (χ0n) is 18.2. The molecule has 1 aromatic carbocycles. The second-order valence-electron chi connectivity index (χ2n) is 8.46. The molecule has 1 N–H and O–H groups in total. The molecular weight excluding hydrogens is 491 g/mol. The fourth-order valence-electron chi connectivity index (χ4n) is 4.75. The molecule has 4 rings (SSSR count). The zero-order valence-corrected chi connectivity index (χ0v) is 20.6. The molecule has 2 saturated heterocycles. The van der Waals surface area contributed by atoms with Crippen LogP contribution in [0.25, 0.3) is 0 Å². The summed E-state index contributed by atoms with van der Waals surface area (Å²) in [7, 11) is 1.88. The van der Waals surface area contributed by atoms with E-state index in [9.17, 15) is 0 Å². The number of nitrogens with zero attached hydrogens (tertiary/aromatic N) is 3. The van der Waals surface area contributed by atoms with Crippen molar-refractivity contribution in [3.05, 3.63) is 29.8 Å². The maximum atomic E-state index is 6.14. The van der Waals surface area contributed by atoms with Gasteiger partial charge in [-0.15, -0.1) is 24.0 Å². The van der Waals surface area contributed by atoms with Gasteiger partial charge in [0, 0.05) is 45.8 Å². The highest BCUT2D eigenvalue weighted by Gasteiger charge is 2.30. The van der Waals surface area contributed by atoms with Crippen LogP contribution in [0, 0.1) is 0 Å². The largest absolute Gasteiger partial charge is 0.490 e. The van der Waals surface area contributed by atoms with Crippen LogP contribution in [0.2, 0.25) is 0 Å². The van der Waals surface area contributed by atoms with E-state index in [-0.39, 0.29) is 24.0 Å². The Bertz CT molecular complexity index is 658. The lowest BCUT2D eigenvalue weighted by atomic mass is 9.98. The molecule has 2 heterocycles. The molecule has 7 heteroatoms. The smallest absolute Gasteiger partial charge is 0.193 e. The quantitative estimate of drug-likeness (QED) is 0.360. The molecular formula is C23H37IN4O2. The molecule has 1 aromatic rings. The number of nitrogens with one attached hydrogen (secondary N) is 1. The van der Waals surface area contributed by atoms with Gasteiger partial charge in [0.1, 0.15) is 5.75 Å². The van der Waals surface area contributed by atoms with E-state index in [1.54, 1.807) is 0 Å². The SMILES string of the molecule is CN=C(NCc1ccc(OC2CCCCC2)cc1)N1CCC(N2CCOCC2)C1.I. The van der Waals surface area contributed by atoms with Gasteiger partial charge < -0.3 is 19.7 Å². The number of hydrogen-bond donors (Lipinski definition) is 1. The van der Waals surface area contributed by atoms with E-state index in [0.717, 1.165) is 57.6 Å². The Morgan fingerprint density at radius 3 is 2.50 bits per heavy atom. The van der Waals surface area contributed by atoms with Crippen molar-refractivity contribution in [2.75, 3.05) is 46.4 Å². The third kappa shape index (κ3) is 6.47. The van der Waals surface area contributed by atoms with Crippen LogP contribution in [0.4, 0.5) is 0 Å². The minimum Gasteiger partial charge on any atom is -0.490 e. The maximum Gasteiger partial charge on any atom is 0.193 e. The fraction of sp³-hybridized carbons (Fsp3) is 0.696. The van der Waals surface area contributed by atoms with Crippen LogP contribution in [0.1, 0.15) is 44.1 Å². The lowest BCUT2D eigenvalue weighted by molar-refractivity contribution is 0.0195. The van der Waals surface area contributed by atoms with Gasteiger partial charge in [-0.3, -0.25) is 9.89 Å². The van der Waals surface area contributed by atoms with Crippen LogP contribution in [0.5, 0.6) is 5.75 Å². The Morgan fingerprint density at radius 1 is 1.07 bits per heavy atom. The van der Waals surface area contributed by atoms with Gasteiger partial charge in [0.05, 0.1) is 19.3 Å². The molecule has 1 saturated carbocycles. The van der Waals surface area contributed by atoms with Gasteiger partial charge in [-0.2, -0.15) is 0 Å². The number of hydrogen-bond acceptors (Lipinski definition) is 4. The molecule has 168 valence electrons. The third-order valence-electron chi connectivity index (χ3n) is 6.47. The Labute approximate surface area is 198 Å². The fourth-order valence-corrected chi connectivity index (χ4v) is 4.75. The van der Waals surface area contributed by atoms with Gasteiger partial charge in [0.15, 0.2) is 5.96 Å². The van der Waals surface area contributed by atoms with E-state index >= 15 is 0 Å². The molecule has 30 heavy (non-hydrogen) atoms. The number of aliphatic imine (C=N–C) groups is 1. The highest BCUT2D eigenvalue weighted by molar-refractivity contribution is 14.0. The van der Waals surface area contributed by atoms with Gasteiger partial charge in [0.25, 0.3) is 0 Å². The number of benzene rings is 1. The summed E-state index contributed by atoms with van der Waals surface area (Å²) in [6, 6.07) is 9.17. The number of halogens is 1. The molecule has 0 amide bonds. The van der Waals surface area contributed by atoms with Gasteiger partial charge >= 0.3 is 0 Å². The summed E-state index contributed by atoms with van der Waals surface area (Å²) in [5.74, 6) is 2.00. The van der Waals surface area contributed by atoms with E-state index in [1.165, 1.54) is 44.1 Å². The maximum absolute atomic E-state index is 6.14. The van der Waals surface area contributed by atoms with Crippen LogP contribution in [-0.4, -0.2) is 74.3 Å². The molecule has 1 unspecified atom stereocenters. The summed E-state index contributed by atoms with van der Waals surface area (Å²) < 4.78 is 11.6. The van der Waals surface area contributed by atoms with Gasteiger partial charge in [0.2, 0.25) is 0 Å². The van der Waals surface area contributed by atoms with Crippen molar-refractivity contribution in [2.45, 2.75) is 57.2 Å². The molecule has 0 bridgehead atoms. The number of guanidine groups is 1. The van der Waals surface area contributed by atoms with Gasteiger partial charge in [-0.25, -0.2) is 0 Å². The van der Waals surface area contributed by atoms with E-state index in [0.29, 0.717) is 12.1 Å². The molecule has 6 nitrogen and oxygen atoms in total.